The first kappa shape index (κ1) is 21.4. The van der Waals surface area contributed by atoms with Gasteiger partial charge in [-0.25, -0.2) is 4.79 Å². The van der Waals surface area contributed by atoms with Crippen LogP contribution in [0.1, 0.15) is 49.7 Å². The van der Waals surface area contributed by atoms with Crippen LogP contribution in [0, 0.1) is 5.92 Å². The average molecular weight is 409 g/mol. The second kappa shape index (κ2) is 10.5. The molecule has 1 saturated carbocycles. The van der Waals surface area contributed by atoms with Crippen LogP contribution in [0.4, 0.5) is 0 Å². The van der Waals surface area contributed by atoms with E-state index in [1.807, 2.05) is 6.07 Å². The summed E-state index contributed by atoms with van der Waals surface area (Å²) in [5.74, 6) is -0.0495. The van der Waals surface area contributed by atoms with E-state index in [-0.39, 0.29) is 17.4 Å². The van der Waals surface area contributed by atoms with Crippen molar-refractivity contribution in [1.82, 2.24) is 5.32 Å². The minimum Gasteiger partial charge on any atom is -0.508 e. The molecule has 0 bridgehead atoms. The Hall–Kier alpha value is -3.28. The number of nitrogens with one attached hydrogen (secondary N) is 1. The van der Waals surface area contributed by atoms with Gasteiger partial charge in [0.15, 0.2) is 0 Å². The predicted octanol–water partition coefficient (Wildman–Crippen LogP) is 4.48. The minimum absolute atomic E-state index is 0.139. The number of carbonyl (C=O) groups is 2. The smallest absolute Gasteiger partial charge is 0.352 e. The lowest BCUT2D eigenvalue weighted by Crippen LogP contribution is -2.27. The summed E-state index contributed by atoms with van der Waals surface area (Å²) in [6.45, 7) is 0.307. The fraction of sp³-hybridized carbons (Fsp3) is 0.333. The summed E-state index contributed by atoms with van der Waals surface area (Å²) < 4.78 is 5.68. The molecule has 0 atom stereocenters. The normalized spacial score (nSPS) is 14.5. The van der Waals surface area contributed by atoms with E-state index in [0.29, 0.717) is 30.3 Å². The molecule has 1 aliphatic rings. The first-order chi connectivity index (χ1) is 14.5. The number of carbonyl (C=O) groups excluding carboxylic acids is 1. The Kier molecular flexibility index (Phi) is 7.49. The molecule has 0 aromatic heterocycles. The van der Waals surface area contributed by atoms with Crippen molar-refractivity contribution in [1.29, 1.82) is 0 Å². The van der Waals surface area contributed by atoms with E-state index in [0.717, 1.165) is 24.8 Å². The second-order valence-electron chi connectivity index (χ2n) is 7.63. The van der Waals surface area contributed by atoms with Crippen LogP contribution in [0.5, 0.6) is 11.5 Å². The van der Waals surface area contributed by atoms with E-state index >= 15 is 0 Å². The summed E-state index contributed by atoms with van der Waals surface area (Å²) in [6, 6.07) is 13.7. The number of carboxylic acids is 1. The third-order valence-electron chi connectivity index (χ3n) is 5.27. The van der Waals surface area contributed by atoms with Gasteiger partial charge in [0.2, 0.25) is 5.91 Å². The maximum absolute atomic E-state index is 12.1. The van der Waals surface area contributed by atoms with Crippen LogP contribution in [0.25, 0.3) is 6.08 Å². The highest BCUT2D eigenvalue weighted by molar-refractivity contribution is 5.96. The Morgan fingerprint density at radius 2 is 1.83 bits per heavy atom. The van der Waals surface area contributed by atoms with Gasteiger partial charge in [-0.15, -0.1) is 0 Å². The van der Waals surface area contributed by atoms with E-state index in [1.54, 1.807) is 42.5 Å². The molecule has 0 unspecified atom stereocenters. The van der Waals surface area contributed by atoms with Gasteiger partial charge in [0.05, 0.1) is 0 Å². The van der Waals surface area contributed by atoms with Crippen LogP contribution in [-0.4, -0.2) is 22.1 Å². The molecule has 0 radical (unpaired) electrons. The van der Waals surface area contributed by atoms with E-state index in [1.165, 1.54) is 18.9 Å². The zero-order chi connectivity index (χ0) is 21.3. The van der Waals surface area contributed by atoms with Gasteiger partial charge < -0.3 is 20.3 Å². The highest BCUT2D eigenvalue weighted by Crippen LogP contribution is 2.28. The standard InChI is InChI=1S/C24H27NO5/c26-20-7-3-6-19(14-20)16-30-21-11-8-18(9-12-21)15-22(24(28)29)25-23(27)13-10-17-4-1-2-5-17/h3,6-9,11-12,14-15,17,26H,1-2,4-5,10,13,16H2,(H,25,27)(H,28,29)/b22-15+. The maximum atomic E-state index is 12.1. The van der Waals surface area contributed by atoms with Gasteiger partial charge in [-0.2, -0.15) is 0 Å². The molecule has 0 spiro atoms. The van der Waals surface area contributed by atoms with Gasteiger partial charge in [0.25, 0.3) is 0 Å². The monoisotopic (exact) mass is 409 g/mol. The van der Waals surface area contributed by atoms with E-state index in [4.69, 9.17) is 4.74 Å². The number of benzene rings is 2. The third-order valence-corrected chi connectivity index (χ3v) is 5.27. The molecule has 6 nitrogen and oxygen atoms in total. The summed E-state index contributed by atoms with van der Waals surface area (Å²) >= 11 is 0. The van der Waals surface area contributed by atoms with Crippen LogP contribution in [-0.2, 0) is 16.2 Å². The Bertz CT molecular complexity index is 898. The summed E-state index contributed by atoms with van der Waals surface area (Å²) in [7, 11) is 0. The van der Waals surface area contributed by atoms with Gasteiger partial charge in [-0.05, 0) is 53.8 Å². The van der Waals surface area contributed by atoms with Crippen molar-refractivity contribution in [2.75, 3.05) is 0 Å². The Morgan fingerprint density at radius 3 is 2.50 bits per heavy atom. The van der Waals surface area contributed by atoms with Crippen molar-refractivity contribution >= 4 is 18.0 Å². The van der Waals surface area contributed by atoms with Gasteiger partial charge in [0.1, 0.15) is 23.8 Å². The Balaban J connectivity index is 1.55. The third kappa shape index (κ3) is 6.65. The number of phenolic OH excluding ortho intramolecular Hbond substituents is 1. The molecule has 3 N–H and O–H groups in total. The highest BCUT2D eigenvalue weighted by atomic mass is 16.5. The first-order valence-corrected chi connectivity index (χ1v) is 10.3. The van der Waals surface area contributed by atoms with Crippen molar-refractivity contribution in [3.63, 3.8) is 0 Å². The largest absolute Gasteiger partial charge is 0.508 e. The molecule has 1 aliphatic carbocycles. The highest BCUT2D eigenvalue weighted by Gasteiger charge is 2.17. The summed E-state index contributed by atoms with van der Waals surface area (Å²) in [5, 5.41) is 21.4. The quantitative estimate of drug-likeness (QED) is 0.531. The molecule has 30 heavy (non-hydrogen) atoms. The number of ether oxygens (including phenoxy) is 1. The number of carboxylic acid groups (broad SMARTS) is 1. The first-order valence-electron chi connectivity index (χ1n) is 10.3. The molecular formula is C24H27NO5. The van der Waals surface area contributed by atoms with Gasteiger partial charge >= 0.3 is 5.97 Å². The van der Waals surface area contributed by atoms with Crippen molar-refractivity contribution in [3.8, 4) is 11.5 Å². The number of rotatable bonds is 9. The van der Waals surface area contributed by atoms with Gasteiger partial charge in [0, 0.05) is 6.42 Å². The topological polar surface area (TPSA) is 95.9 Å². The number of hydrogen-bond acceptors (Lipinski definition) is 4. The van der Waals surface area contributed by atoms with Crippen LogP contribution >= 0.6 is 0 Å². The summed E-state index contributed by atoms with van der Waals surface area (Å²) in [6.07, 6.45) is 7.36. The maximum Gasteiger partial charge on any atom is 0.352 e. The SMILES string of the molecule is O=C(CCC1CCCC1)N/C(=C/c1ccc(OCc2cccc(O)c2)cc1)C(=O)O. The zero-order valence-corrected chi connectivity index (χ0v) is 16.8. The molecular weight excluding hydrogens is 382 g/mol. The molecule has 1 amide bonds. The molecule has 0 aliphatic heterocycles. The molecule has 0 saturated heterocycles. The van der Waals surface area contributed by atoms with Crippen LogP contribution in [0.15, 0.2) is 54.2 Å². The number of amides is 1. The fourth-order valence-corrected chi connectivity index (χ4v) is 3.64. The van der Waals surface area contributed by atoms with Gasteiger partial charge in [-0.3, -0.25) is 4.79 Å². The predicted molar refractivity (Wildman–Crippen MR) is 114 cm³/mol. The van der Waals surface area contributed by atoms with Crippen LogP contribution in [0.3, 0.4) is 0 Å². The number of phenols is 1. The summed E-state index contributed by atoms with van der Waals surface area (Å²) in [4.78, 5) is 23.7. The van der Waals surface area contributed by atoms with Crippen molar-refractivity contribution < 1.29 is 24.5 Å². The molecule has 2 aromatic rings. The minimum atomic E-state index is -1.17. The van der Waals surface area contributed by atoms with Crippen LogP contribution < -0.4 is 10.1 Å². The lowest BCUT2D eigenvalue weighted by atomic mass is 10.0. The molecule has 2 aromatic carbocycles. The zero-order valence-electron chi connectivity index (χ0n) is 16.8. The van der Waals surface area contributed by atoms with Crippen molar-refractivity contribution in [2.24, 2.45) is 5.92 Å². The number of aromatic hydroxyl groups is 1. The van der Waals surface area contributed by atoms with Crippen LogP contribution in [0.2, 0.25) is 0 Å². The van der Waals surface area contributed by atoms with Gasteiger partial charge in [-0.1, -0.05) is 49.9 Å². The molecule has 3 rings (SSSR count). The van der Waals surface area contributed by atoms with E-state index < -0.39 is 5.97 Å². The average Bonchev–Trinajstić information content (AvgIpc) is 3.25. The Morgan fingerprint density at radius 1 is 1.10 bits per heavy atom. The van der Waals surface area contributed by atoms with E-state index in [9.17, 15) is 19.8 Å². The second-order valence-corrected chi connectivity index (χ2v) is 7.63. The summed E-state index contributed by atoms with van der Waals surface area (Å²) in [5.41, 5.74) is 1.35. The van der Waals surface area contributed by atoms with E-state index in [2.05, 4.69) is 5.32 Å². The molecule has 1 fully saturated rings. The molecule has 6 heteroatoms. The lowest BCUT2D eigenvalue weighted by molar-refractivity contribution is -0.134. The number of hydrogen-bond donors (Lipinski definition) is 3. The lowest BCUT2D eigenvalue weighted by Gasteiger charge is -2.10. The Labute approximate surface area is 176 Å². The van der Waals surface area contributed by atoms with Crippen molar-refractivity contribution in [2.45, 2.75) is 45.1 Å². The molecule has 0 heterocycles. The molecule has 158 valence electrons. The van der Waals surface area contributed by atoms with Crippen molar-refractivity contribution in [3.05, 3.63) is 65.4 Å². The fourth-order valence-electron chi connectivity index (χ4n) is 3.64. The number of aliphatic carboxylic acids is 1.